The molecule has 33 heavy (non-hydrogen) atoms. The summed E-state index contributed by atoms with van der Waals surface area (Å²) in [7, 11) is 0. The molecule has 3 nitrogen and oxygen atoms in total. The van der Waals surface area contributed by atoms with Gasteiger partial charge in [0, 0.05) is 37.1 Å². The van der Waals surface area contributed by atoms with E-state index >= 15 is 0 Å². The Morgan fingerprint density at radius 3 is 2.73 bits per heavy atom. The van der Waals surface area contributed by atoms with Gasteiger partial charge in [-0.25, -0.2) is 0 Å². The predicted molar refractivity (Wildman–Crippen MR) is 146 cm³/mol. The van der Waals surface area contributed by atoms with Crippen LogP contribution in [-0.4, -0.2) is 29.1 Å². The van der Waals surface area contributed by atoms with Crippen LogP contribution in [0.1, 0.15) is 74.6 Å². The van der Waals surface area contributed by atoms with Crippen molar-refractivity contribution in [3.05, 3.63) is 58.7 Å². The molecule has 178 valence electrons. The van der Waals surface area contributed by atoms with Gasteiger partial charge in [0.1, 0.15) is 0 Å². The minimum absolute atomic E-state index is 0.497. The van der Waals surface area contributed by atoms with E-state index in [0.29, 0.717) is 12.0 Å². The van der Waals surface area contributed by atoms with Gasteiger partial charge in [-0.3, -0.25) is 0 Å². The van der Waals surface area contributed by atoms with Crippen LogP contribution in [-0.2, 0) is 13.0 Å². The van der Waals surface area contributed by atoms with Gasteiger partial charge in [0.05, 0.1) is 0 Å². The summed E-state index contributed by atoms with van der Waals surface area (Å²) >= 11 is 6.07. The minimum Gasteiger partial charge on any atom is -0.371 e. The van der Waals surface area contributed by atoms with Crippen LogP contribution < -0.4 is 10.2 Å². The monoisotopic (exact) mass is 463 g/mol. The molecule has 0 amide bonds. The zero-order valence-electron chi connectivity index (χ0n) is 21.0. The van der Waals surface area contributed by atoms with Crippen molar-refractivity contribution < 1.29 is 0 Å². The van der Waals surface area contributed by atoms with Crippen LogP contribution in [0.4, 0.5) is 11.4 Å². The van der Waals surface area contributed by atoms with Crippen LogP contribution in [0.25, 0.3) is 0 Å². The minimum atomic E-state index is 0.497. The molecule has 0 bridgehead atoms. The lowest BCUT2D eigenvalue weighted by atomic mass is 9.84. The van der Waals surface area contributed by atoms with E-state index in [4.69, 9.17) is 12.2 Å². The molecule has 0 aromatic heterocycles. The number of rotatable bonds is 6. The maximum Gasteiger partial charge on any atom is 0.173 e. The largest absolute Gasteiger partial charge is 0.371 e. The second-order valence-electron chi connectivity index (χ2n) is 10.2. The summed E-state index contributed by atoms with van der Waals surface area (Å²) in [5, 5.41) is 4.49. The predicted octanol–water partition coefficient (Wildman–Crippen LogP) is 7.24. The third-order valence-corrected chi connectivity index (χ3v) is 8.12. The molecule has 2 atom stereocenters. The molecular weight excluding hydrogens is 422 g/mol. The van der Waals surface area contributed by atoms with E-state index in [1.54, 1.807) is 0 Å². The molecule has 1 N–H and O–H groups in total. The molecule has 1 heterocycles. The number of hydrogen-bond acceptors (Lipinski definition) is 2. The summed E-state index contributed by atoms with van der Waals surface area (Å²) in [5.74, 6) is 0.662. The zero-order valence-corrected chi connectivity index (χ0v) is 21.8. The normalized spacial score (nSPS) is 20.3. The number of anilines is 2. The van der Waals surface area contributed by atoms with E-state index in [9.17, 15) is 0 Å². The number of hydrogen-bond donors (Lipinski definition) is 1. The van der Waals surface area contributed by atoms with E-state index in [1.165, 1.54) is 79.4 Å². The lowest BCUT2D eigenvalue weighted by Gasteiger charge is -2.40. The molecule has 1 aliphatic heterocycles. The third kappa shape index (κ3) is 5.54. The highest BCUT2D eigenvalue weighted by molar-refractivity contribution is 7.80. The van der Waals surface area contributed by atoms with E-state index in [2.05, 4.69) is 79.2 Å². The first-order chi connectivity index (χ1) is 16.0. The summed E-state index contributed by atoms with van der Waals surface area (Å²) in [6.45, 7) is 12.3. The van der Waals surface area contributed by atoms with Crippen LogP contribution in [0.2, 0.25) is 0 Å². The first-order valence-corrected chi connectivity index (χ1v) is 13.4. The lowest BCUT2D eigenvalue weighted by Crippen LogP contribution is -2.46. The molecule has 0 radical (unpaired) electrons. The number of fused-ring (bicyclic) bond motifs is 1. The van der Waals surface area contributed by atoms with Crippen LogP contribution in [0.15, 0.2) is 36.4 Å². The van der Waals surface area contributed by atoms with Crippen molar-refractivity contribution in [2.45, 2.75) is 85.2 Å². The van der Waals surface area contributed by atoms with Crippen molar-refractivity contribution in [3.8, 4) is 0 Å². The van der Waals surface area contributed by atoms with Crippen molar-refractivity contribution in [1.82, 2.24) is 4.90 Å². The Bertz CT molecular complexity index is 969. The van der Waals surface area contributed by atoms with Gasteiger partial charge in [-0.15, -0.1) is 0 Å². The third-order valence-electron chi connectivity index (χ3n) is 7.78. The van der Waals surface area contributed by atoms with Crippen molar-refractivity contribution in [2.75, 3.05) is 23.3 Å². The van der Waals surface area contributed by atoms with E-state index in [1.807, 2.05) is 0 Å². The quantitative estimate of drug-likeness (QED) is 0.455. The van der Waals surface area contributed by atoms with Gasteiger partial charge in [0.25, 0.3) is 0 Å². The molecular formula is C29H41N3S. The lowest BCUT2D eigenvalue weighted by molar-refractivity contribution is 0.177. The number of nitrogens with one attached hydrogen (secondary N) is 1. The number of aryl methyl sites for hydroxylation is 2. The van der Waals surface area contributed by atoms with Crippen molar-refractivity contribution in [2.24, 2.45) is 5.92 Å². The second kappa shape index (κ2) is 10.9. The Morgan fingerprint density at radius 2 is 1.94 bits per heavy atom. The number of benzene rings is 2. The second-order valence-corrected chi connectivity index (χ2v) is 10.6. The van der Waals surface area contributed by atoms with Gasteiger partial charge in [0.15, 0.2) is 5.11 Å². The Kier molecular flexibility index (Phi) is 7.95. The van der Waals surface area contributed by atoms with Gasteiger partial charge in [0.2, 0.25) is 0 Å². The number of nitrogens with zero attached hydrogens (tertiary/aromatic N) is 2. The van der Waals surface area contributed by atoms with Crippen LogP contribution in [0.3, 0.4) is 0 Å². The first kappa shape index (κ1) is 24.1. The molecule has 1 fully saturated rings. The van der Waals surface area contributed by atoms with E-state index < -0.39 is 0 Å². The van der Waals surface area contributed by atoms with Gasteiger partial charge < -0.3 is 15.1 Å². The van der Waals surface area contributed by atoms with Crippen molar-refractivity contribution in [3.63, 3.8) is 0 Å². The summed E-state index contributed by atoms with van der Waals surface area (Å²) in [6.07, 6.45) is 8.81. The van der Waals surface area contributed by atoms with Crippen LogP contribution in [0.5, 0.6) is 0 Å². The summed E-state index contributed by atoms with van der Waals surface area (Å²) < 4.78 is 0. The molecule has 4 heteroatoms. The molecule has 2 aromatic rings. The molecule has 1 aliphatic carbocycles. The van der Waals surface area contributed by atoms with Crippen molar-refractivity contribution in [1.29, 1.82) is 0 Å². The van der Waals surface area contributed by atoms with Gasteiger partial charge in [-0.2, -0.15) is 0 Å². The Morgan fingerprint density at radius 1 is 1.12 bits per heavy atom. The highest BCUT2D eigenvalue weighted by Gasteiger charge is 2.29. The van der Waals surface area contributed by atoms with Crippen LogP contribution >= 0.6 is 12.2 Å². The molecule has 0 saturated heterocycles. The Labute approximate surface area is 206 Å². The molecule has 4 rings (SSSR count). The zero-order chi connectivity index (χ0) is 23.4. The standard InChI is InChI=1S/C29H41N3S/c1-5-17-31-18-9-12-25-19-24(15-16-28(25)31)20-32(27-14-7-6-10-22(27)3)29(33)30-26-13-8-11-21(2)23(26)4/h8,11,13,15-16,19,22,27H,5-7,9-10,12,14,17-18,20H2,1-4H3,(H,30,33)/t22-,27-/m1/s1. The molecule has 0 unspecified atom stereocenters. The van der Waals surface area contributed by atoms with Gasteiger partial charge >= 0.3 is 0 Å². The van der Waals surface area contributed by atoms with E-state index in [0.717, 1.165) is 23.9 Å². The molecule has 2 aliphatic rings. The smallest absolute Gasteiger partial charge is 0.173 e. The summed E-state index contributed by atoms with van der Waals surface area (Å²) in [5.41, 5.74) is 8.05. The molecule has 2 aromatic carbocycles. The van der Waals surface area contributed by atoms with Crippen molar-refractivity contribution >= 4 is 28.7 Å². The summed E-state index contributed by atoms with van der Waals surface area (Å²) in [4.78, 5) is 5.06. The number of thiocarbonyl (C=S) groups is 1. The maximum absolute atomic E-state index is 6.07. The first-order valence-electron chi connectivity index (χ1n) is 13.0. The van der Waals surface area contributed by atoms with Crippen LogP contribution in [0, 0.1) is 19.8 Å². The van der Waals surface area contributed by atoms with Gasteiger partial charge in [-0.05, 0) is 98.5 Å². The average Bonchev–Trinajstić information content (AvgIpc) is 2.81. The fraction of sp³-hybridized carbons (Fsp3) is 0.552. The maximum atomic E-state index is 6.07. The highest BCUT2D eigenvalue weighted by atomic mass is 32.1. The van der Waals surface area contributed by atoms with E-state index in [-0.39, 0.29) is 0 Å². The Balaban J connectivity index is 1.59. The summed E-state index contributed by atoms with van der Waals surface area (Å²) in [6, 6.07) is 14.1. The Hall–Kier alpha value is -2.07. The fourth-order valence-electron chi connectivity index (χ4n) is 5.70. The molecule has 1 saturated carbocycles. The fourth-order valence-corrected chi connectivity index (χ4v) is 6.01. The van der Waals surface area contributed by atoms with Gasteiger partial charge in [-0.1, -0.05) is 51.0 Å². The average molecular weight is 464 g/mol. The molecule has 0 spiro atoms. The topological polar surface area (TPSA) is 18.5 Å². The highest BCUT2D eigenvalue weighted by Crippen LogP contribution is 2.32. The SMILES string of the molecule is CCCN1CCCc2cc(CN(C(=S)Nc3cccc(C)c3C)[C@@H]3CCCC[C@H]3C)ccc21.